The molecule has 0 radical (unpaired) electrons. The first kappa shape index (κ1) is 12.5. The fraction of sp³-hybridized carbons (Fsp3) is 0.833. The van der Waals surface area contributed by atoms with Gasteiger partial charge in [-0.3, -0.25) is 4.90 Å². The summed E-state index contributed by atoms with van der Waals surface area (Å²) in [6.45, 7) is 9.22. The van der Waals surface area contributed by atoms with Crippen molar-refractivity contribution in [3.63, 3.8) is 0 Å². The average Bonchev–Trinajstić information content (AvgIpc) is 2.80. The second-order valence-corrected chi connectivity index (χ2v) is 5.28. The van der Waals surface area contributed by atoms with Gasteiger partial charge in [0.05, 0.1) is 6.54 Å². The van der Waals surface area contributed by atoms with Gasteiger partial charge in [0.25, 0.3) is 0 Å². The van der Waals surface area contributed by atoms with Crippen molar-refractivity contribution < 1.29 is 0 Å². The SMILES string of the molecule is CCn1ncnc1CN1CCC(C)(CN)CC1. The molecular weight excluding hydrogens is 214 g/mol. The molecule has 0 unspecified atom stereocenters. The van der Waals surface area contributed by atoms with Crippen molar-refractivity contribution >= 4 is 0 Å². The molecule has 5 nitrogen and oxygen atoms in total. The topological polar surface area (TPSA) is 60.0 Å². The summed E-state index contributed by atoms with van der Waals surface area (Å²) < 4.78 is 1.97. The summed E-state index contributed by atoms with van der Waals surface area (Å²) in [6.07, 6.45) is 4.01. The molecule has 96 valence electrons. The number of aromatic nitrogens is 3. The van der Waals surface area contributed by atoms with Crippen LogP contribution < -0.4 is 5.73 Å². The van der Waals surface area contributed by atoms with E-state index in [1.165, 1.54) is 12.8 Å². The summed E-state index contributed by atoms with van der Waals surface area (Å²) in [6, 6.07) is 0. The van der Waals surface area contributed by atoms with Crippen LogP contribution in [-0.2, 0) is 13.1 Å². The monoisotopic (exact) mass is 237 g/mol. The van der Waals surface area contributed by atoms with E-state index in [9.17, 15) is 0 Å². The quantitative estimate of drug-likeness (QED) is 0.843. The lowest BCUT2D eigenvalue weighted by Gasteiger charge is -2.38. The van der Waals surface area contributed by atoms with Crippen LogP contribution >= 0.6 is 0 Å². The van der Waals surface area contributed by atoms with E-state index in [4.69, 9.17) is 5.73 Å². The highest BCUT2D eigenvalue weighted by atomic mass is 15.3. The molecule has 2 rings (SSSR count). The van der Waals surface area contributed by atoms with Crippen LogP contribution in [0.25, 0.3) is 0 Å². The minimum atomic E-state index is 0.342. The number of nitrogens with two attached hydrogens (primary N) is 1. The Morgan fingerprint density at radius 3 is 2.71 bits per heavy atom. The molecule has 1 aromatic heterocycles. The zero-order valence-corrected chi connectivity index (χ0v) is 10.9. The van der Waals surface area contributed by atoms with E-state index >= 15 is 0 Å². The normalized spacial score (nSPS) is 20.6. The van der Waals surface area contributed by atoms with Crippen molar-refractivity contribution in [2.75, 3.05) is 19.6 Å². The van der Waals surface area contributed by atoms with Gasteiger partial charge in [0.15, 0.2) is 0 Å². The number of aryl methyl sites for hydroxylation is 1. The molecule has 1 saturated heterocycles. The van der Waals surface area contributed by atoms with Crippen molar-refractivity contribution in [1.29, 1.82) is 0 Å². The number of rotatable bonds is 4. The lowest BCUT2D eigenvalue weighted by Crippen LogP contribution is -2.42. The van der Waals surface area contributed by atoms with Gasteiger partial charge in [0.2, 0.25) is 0 Å². The number of nitrogens with zero attached hydrogens (tertiary/aromatic N) is 4. The van der Waals surface area contributed by atoms with E-state index in [-0.39, 0.29) is 0 Å². The van der Waals surface area contributed by atoms with E-state index in [2.05, 4.69) is 28.8 Å². The fourth-order valence-electron chi connectivity index (χ4n) is 2.33. The van der Waals surface area contributed by atoms with Gasteiger partial charge in [0, 0.05) is 6.54 Å². The van der Waals surface area contributed by atoms with Gasteiger partial charge < -0.3 is 5.73 Å². The van der Waals surface area contributed by atoms with Crippen molar-refractivity contribution in [3.05, 3.63) is 12.2 Å². The third-order valence-electron chi connectivity index (χ3n) is 3.92. The summed E-state index contributed by atoms with van der Waals surface area (Å²) >= 11 is 0. The molecule has 0 saturated carbocycles. The first-order valence-electron chi connectivity index (χ1n) is 6.46. The molecule has 2 heterocycles. The molecule has 0 atom stereocenters. The van der Waals surface area contributed by atoms with Gasteiger partial charge in [-0.2, -0.15) is 5.10 Å². The molecule has 0 aliphatic carbocycles. The Labute approximate surface area is 103 Å². The minimum absolute atomic E-state index is 0.342. The maximum Gasteiger partial charge on any atom is 0.140 e. The van der Waals surface area contributed by atoms with E-state index in [1.807, 2.05) is 4.68 Å². The minimum Gasteiger partial charge on any atom is -0.330 e. The Kier molecular flexibility index (Phi) is 3.79. The molecule has 1 fully saturated rings. The van der Waals surface area contributed by atoms with Gasteiger partial charge in [0.1, 0.15) is 12.2 Å². The third kappa shape index (κ3) is 2.84. The van der Waals surface area contributed by atoms with Crippen molar-refractivity contribution in [1.82, 2.24) is 19.7 Å². The molecule has 5 heteroatoms. The average molecular weight is 237 g/mol. The molecule has 1 aromatic rings. The van der Waals surface area contributed by atoms with Gasteiger partial charge in [-0.1, -0.05) is 6.92 Å². The summed E-state index contributed by atoms with van der Waals surface area (Å²) in [5, 5.41) is 4.20. The number of hydrogen-bond donors (Lipinski definition) is 1. The second-order valence-electron chi connectivity index (χ2n) is 5.28. The van der Waals surface area contributed by atoms with Gasteiger partial charge in [-0.25, -0.2) is 9.67 Å². The molecule has 0 bridgehead atoms. The fourth-order valence-corrected chi connectivity index (χ4v) is 2.33. The predicted molar refractivity (Wildman–Crippen MR) is 67.4 cm³/mol. The summed E-state index contributed by atoms with van der Waals surface area (Å²) in [5.41, 5.74) is 6.16. The van der Waals surface area contributed by atoms with Crippen LogP contribution in [0.3, 0.4) is 0 Å². The van der Waals surface area contributed by atoms with Gasteiger partial charge in [-0.15, -0.1) is 0 Å². The molecule has 17 heavy (non-hydrogen) atoms. The largest absolute Gasteiger partial charge is 0.330 e. The lowest BCUT2D eigenvalue weighted by atomic mass is 9.80. The Morgan fingerprint density at radius 2 is 2.12 bits per heavy atom. The van der Waals surface area contributed by atoms with E-state index in [0.717, 1.165) is 38.5 Å². The number of hydrogen-bond acceptors (Lipinski definition) is 4. The number of likely N-dealkylation sites (tertiary alicyclic amines) is 1. The molecule has 0 spiro atoms. The van der Waals surface area contributed by atoms with Crippen molar-refractivity contribution in [2.45, 2.75) is 39.8 Å². The molecular formula is C12H23N5. The number of piperidine rings is 1. The molecule has 0 amide bonds. The zero-order chi connectivity index (χ0) is 12.3. The van der Waals surface area contributed by atoms with E-state index in [1.54, 1.807) is 6.33 Å². The second kappa shape index (κ2) is 5.14. The Balaban J connectivity index is 1.90. The van der Waals surface area contributed by atoms with E-state index in [0.29, 0.717) is 5.41 Å². The molecule has 1 aliphatic rings. The summed E-state index contributed by atoms with van der Waals surface area (Å²) in [4.78, 5) is 6.78. The summed E-state index contributed by atoms with van der Waals surface area (Å²) in [7, 11) is 0. The zero-order valence-electron chi connectivity index (χ0n) is 10.9. The van der Waals surface area contributed by atoms with Crippen LogP contribution in [0.15, 0.2) is 6.33 Å². The maximum absolute atomic E-state index is 5.82. The van der Waals surface area contributed by atoms with Crippen LogP contribution in [0.5, 0.6) is 0 Å². The lowest BCUT2D eigenvalue weighted by molar-refractivity contribution is 0.115. The molecule has 1 aliphatic heterocycles. The van der Waals surface area contributed by atoms with Crippen LogP contribution in [0.2, 0.25) is 0 Å². The van der Waals surface area contributed by atoms with E-state index < -0.39 is 0 Å². The summed E-state index contributed by atoms with van der Waals surface area (Å²) in [5.74, 6) is 1.07. The predicted octanol–water partition coefficient (Wildman–Crippen LogP) is 0.859. The first-order chi connectivity index (χ1) is 8.17. The molecule has 0 aromatic carbocycles. The Bertz CT molecular complexity index is 352. The Morgan fingerprint density at radius 1 is 1.41 bits per heavy atom. The van der Waals surface area contributed by atoms with Gasteiger partial charge >= 0.3 is 0 Å². The smallest absolute Gasteiger partial charge is 0.140 e. The Hall–Kier alpha value is -0.940. The first-order valence-corrected chi connectivity index (χ1v) is 6.46. The standard InChI is InChI=1S/C12H23N5/c1-3-17-11(14-10-15-17)8-16-6-4-12(2,9-13)5-7-16/h10H,3-9,13H2,1-2H3. The maximum atomic E-state index is 5.82. The van der Waals surface area contributed by atoms with Crippen molar-refractivity contribution in [2.24, 2.45) is 11.1 Å². The van der Waals surface area contributed by atoms with Crippen LogP contribution in [0, 0.1) is 5.41 Å². The highest BCUT2D eigenvalue weighted by Gasteiger charge is 2.28. The highest BCUT2D eigenvalue weighted by molar-refractivity contribution is 4.88. The van der Waals surface area contributed by atoms with Crippen molar-refractivity contribution in [3.8, 4) is 0 Å². The van der Waals surface area contributed by atoms with Crippen LogP contribution in [0.1, 0.15) is 32.5 Å². The molecule has 2 N–H and O–H groups in total. The highest BCUT2D eigenvalue weighted by Crippen LogP contribution is 2.29. The third-order valence-corrected chi connectivity index (χ3v) is 3.92. The van der Waals surface area contributed by atoms with Gasteiger partial charge in [-0.05, 0) is 44.8 Å². The van der Waals surface area contributed by atoms with Crippen LogP contribution in [0.4, 0.5) is 0 Å². The van der Waals surface area contributed by atoms with Crippen LogP contribution in [-0.4, -0.2) is 39.3 Å².